The molecule has 6 rings (SSSR count). The number of cyclic esters (lactones) is 1. The number of carbonyl (C=O) groups excluding carboxylic acids is 1. The number of hydrogen-bond acceptors (Lipinski definition) is 8. The first-order chi connectivity index (χ1) is 17.0. The lowest BCUT2D eigenvalue weighted by molar-refractivity contribution is -0.276. The highest BCUT2D eigenvalue weighted by atomic mass is 16.7. The van der Waals surface area contributed by atoms with Crippen LogP contribution in [-0.4, -0.2) is 76.4 Å². The molecule has 2 saturated heterocycles. The molecule has 4 aliphatic carbocycles. The molecular weight excluding hydrogens is 464 g/mol. The van der Waals surface area contributed by atoms with Gasteiger partial charge in [-0.05, 0) is 76.5 Å². The van der Waals surface area contributed by atoms with Gasteiger partial charge in [0.05, 0.1) is 18.3 Å². The predicted molar refractivity (Wildman–Crippen MR) is 129 cm³/mol. The quantitative estimate of drug-likeness (QED) is 0.395. The van der Waals surface area contributed by atoms with E-state index in [2.05, 4.69) is 13.0 Å². The molecule has 8 nitrogen and oxygen atoms in total. The van der Waals surface area contributed by atoms with E-state index in [4.69, 9.17) is 18.9 Å². The SMILES string of the molecule is CO[C@@H]1C[C@H](O[C@H]2CC[C@@]3(C)C(=CC[C@@]4(O)[C@@H]3CC[C@]35C(=O)O[C@@H](C)[C@H]3CC[C@]45O)C2)O[C@H](C)[C@@H]1O. The molecule has 36 heavy (non-hydrogen) atoms. The topological polar surface area (TPSA) is 115 Å². The molecule has 12 atom stereocenters. The third-order valence-electron chi connectivity index (χ3n) is 11.4. The summed E-state index contributed by atoms with van der Waals surface area (Å²) >= 11 is 0. The van der Waals surface area contributed by atoms with Crippen LogP contribution in [-0.2, 0) is 23.7 Å². The van der Waals surface area contributed by atoms with Crippen LogP contribution in [0, 0.1) is 22.7 Å². The first kappa shape index (κ1) is 25.3. The number of rotatable bonds is 3. The summed E-state index contributed by atoms with van der Waals surface area (Å²) in [4.78, 5) is 13.2. The zero-order valence-corrected chi connectivity index (χ0v) is 21.9. The minimum Gasteiger partial charge on any atom is -0.462 e. The number of aliphatic hydroxyl groups is 3. The minimum atomic E-state index is -1.46. The van der Waals surface area contributed by atoms with Gasteiger partial charge >= 0.3 is 5.97 Å². The van der Waals surface area contributed by atoms with Crippen LogP contribution in [0.2, 0.25) is 0 Å². The summed E-state index contributed by atoms with van der Waals surface area (Å²) in [5.74, 6) is -0.470. The number of carbonyl (C=O) groups is 1. The van der Waals surface area contributed by atoms with Crippen LogP contribution in [0.15, 0.2) is 11.6 Å². The van der Waals surface area contributed by atoms with Crippen LogP contribution in [0.5, 0.6) is 0 Å². The number of hydrogen-bond donors (Lipinski definition) is 3. The van der Waals surface area contributed by atoms with E-state index in [1.54, 1.807) is 7.11 Å². The molecule has 0 aromatic carbocycles. The standard InChI is InChI=1S/C28H42O8/c1-15-19-7-12-28(32)26(19,24(30)35-15)10-8-21-25(3)9-6-18(13-17(25)5-11-27(21,28)31)36-22-14-20(33-4)23(29)16(2)34-22/h5,15-16,18-23,29,31-32H,6-14H2,1-4H3/t15-,16+,18-,19+,20+,21+,22-,23-,25-,26+,27+,28+/m0/s1. The van der Waals surface area contributed by atoms with Crippen molar-refractivity contribution in [1.82, 2.24) is 0 Å². The minimum absolute atomic E-state index is 0.0139. The van der Waals surface area contributed by atoms with Gasteiger partial charge < -0.3 is 34.3 Å². The number of aliphatic hydroxyl groups excluding tert-OH is 1. The van der Waals surface area contributed by atoms with Crippen molar-refractivity contribution >= 4 is 5.97 Å². The van der Waals surface area contributed by atoms with Crippen molar-refractivity contribution in [2.75, 3.05) is 7.11 Å². The Morgan fingerprint density at radius 2 is 1.86 bits per heavy atom. The van der Waals surface area contributed by atoms with Crippen LogP contribution in [0.25, 0.3) is 0 Å². The molecule has 0 amide bonds. The van der Waals surface area contributed by atoms with E-state index in [0.29, 0.717) is 38.5 Å². The zero-order valence-electron chi connectivity index (χ0n) is 21.9. The molecule has 2 heterocycles. The number of methoxy groups -OCH3 is 1. The first-order valence-electron chi connectivity index (χ1n) is 13.9. The lowest BCUT2D eigenvalue weighted by Crippen LogP contribution is -2.73. The van der Waals surface area contributed by atoms with Crippen molar-refractivity contribution in [1.29, 1.82) is 0 Å². The van der Waals surface area contributed by atoms with E-state index in [1.165, 1.54) is 5.57 Å². The summed E-state index contributed by atoms with van der Waals surface area (Å²) in [5, 5.41) is 34.8. The second-order valence-corrected chi connectivity index (χ2v) is 12.7. The predicted octanol–water partition coefficient (Wildman–Crippen LogP) is 2.62. The van der Waals surface area contributed by atoms with Crippen molar-refractivity contribution in [2.45, 2.75) is 127 Å². The van der Waals surface area contributed by atoms with Crippen LogP contribution in [0.4, 0.5) is 0 Å². The molecular formula is C28H42O8. The van der Waals surface area contributed by atoms with Gasteiger partial charge in [0, 0.05) is 19.4 Å². The third kappa shape index (κ3) is 3.06. The fraction of sp³-hybridized carbons (Fsp3) is 0.893. The molecule has 0 bridgehead atoms. The average Bonchev–Trinajstić information content (AvgIpc) is 3.29. The fourth-order valence-electron chi connectivity index (χ4n) is 9.46. The van der Waals surface area contributed by atoms with Gasteiger partial charge in [0.25, 0.3) is 0 Å². The maximum Gasteiger partial charge on any atom is 0.315 e. The molecule has 0 aromatic heterocycles. The molecule has 2 aliphatic heterocycles. The molecule has 0 radical (unpaired) electrons. The first-order valence-corrected chi connectivity index (χ1v) is 13.9. The summed E-state index contributed by atoms with van der Waals surface area (Å²) in [6.07, 6.45) is 5.79. The Bertz CT molecular complexity index is 952. The van der Waals surface area contributed by atoms with E-state index >= 15 is 0 Å². The molecule has 3 N–H and O–H groups in total. The summed E-state index contributed by atoms with van der Waals surface area (Å²) in [7, 11) is 1.60. The summed E-state index contributed by atoms with van der Waals surface area (Å²) in [6.45, 7) is 5.99. The third-order valence-corrected chi connectivity index (χ3v) is 11.4. The van der Waals surface area contributed by atoms with Gasteiger partial charge in [-0.25, -0.2) is 0 Å². The molecule has 0 unspecified atom stereocenters. The summed E-state index contributed by atoms with van der Waals surface area (Å²) < 4.78 is 23.4. The Morgan fingerprint density at radius 1 is 1.08 bits per heavy atom. The maximum absolute atomic E-state index is 13.2. The molecule has 6 aliphatic rings. The summed E-state index contributed by atoms with van der Waals surface area (Å²) in [5.41, 5.74) is -2.79. The monoisotopic (exact) mass is 506 g/mol. The highest BCUT2D eigenvalue weighted by Crippen LogP contribution is 2.71. The lowest BCUT2D eigenvalue weighted by Gasteiger charge is -2.64. The molecule has 3 saturated carbocycles. The fourth-order valence-corrected chi connectivity index (χ4v) is 9.46. The average molecular weight is 507 g/mol. The van der Waals surface area contributed by atoms with Crippen molar-refractivity contribution in [2.24, 2.45) is 22.7 Å². The smallest absolute Gasteiger partial charge is 0.315 e. The Hall–Kier alpha value is -1.03. The van der Waals surface area contributed by atoms with E-state index in [0.717, 1.165) is 19.3 Å². The van der Waals surface area contributed by atoms with Crippen LogP contribution < -0.4 is 0 Å². The Labute approximate surface area is 213 Å². The van der Waals surface area contributed by atoms with Crippen LogP contribution in [0.3, 0.4) is 0 Å². The van der Waals surface area contributed by atoms with Crippen molar-refractivity contribution in [3.05, 3.63) is 11.6 Å². The lowest BCUT2D eigenvalue weighted by atomic mass is 9.43. The van der Waals surface area contributed by atoms with Gasteiger partial charge in [-0.2, -0.15) is 0 Å². The largest absolute Gasteiger partial charge is 0.462 e. The Kier molecular flexibility index (Phi) is 5.78. The second-order valence-electron chi connectivity index (χ2n) is 12.7. The number of esters is 1. The zero-order chi connectivity index (χ0) is 25.7. The van der Waals surface area contributed by atoms with Gasteiger partial charge in [0.1, 0.15) is 28.8 Å². The Balaban J connectivity index is 1.23. The van der Waals surface area contributed by atoms with E-state index in [1.807, 2.05) is 13.8 Å². The molecule has 1 spiro atoms. The van der Waals surface area contributed by atoms with Gasteiger partial charge in [-0.3, -0.25) is 4.79 Å². The molecule has 8 heteroatoms. The number of ether oxygens (including phenoxy) is 4. The van der Waals surface area contributed by atoms with Gasteiger partial charge in [-0.1, -0.05) is 18.6 Å². The summed E-state index contributed by atoms with van der Waals surface area (Å²) in [6, 6.07) is 0. The van der Waals surface area contributed by atoms with Crippen molar-refractivity contribution in [3.63, 3.8) is 0 Å². The van der Waals surface area contributed by atoms with Gasteiger partial charge in [-0.15, -0.1) is 0 Å². The Morgan fingerprint density at radius 3 is 2.61 bits per heavy atom. The highest BCUT2D eigenvalue weighted by molar-refractivity contribution is 5.83. The molecule has 5 fully saturated rings. The maximum atomic E-state index is 13.2. The van der Waals surface area contributed by atoms with Crippen molar-refractivity contribution in [3.8, 4) is 0 Å². The highest BCUT2D eigenvalue weighted by Gasteiger charge is 2.80. The van der Waals surface area contributed by atoms with Crippen LogP contribution in [0.1, 0.15) is 78.6 Å². The van der Waals surface area contributed by atoms with Gasteiger partial charge in [0.15, 0.2) is 6.29 Å². The number of fused-ring (bicyclic) bond motifs is 4. The van der Waals surface area contributed by atoms with E-state index in [9.17, 15) is 20.1 Å². The molecule has 0 aromatic rings. The molecule has 202 valence electrons. The van der Waals surface area contributed by atoms with Crippen molar-refractivity contribution < 1.29 is 39.1 Å². The van der Waals surface area contributed by atoms with Crippen LogP contribution >= 0.6 is 0 Å². The normalized spacial score (nSPS) is 56.2. The van der Waals surface area contributed by atoms with Gasteiger partial charge in [0.2, 0.25) is 0 Å². The van der Waals surface area contributed by atoms with E-state index in [-0.39, 0.29) is 47.6 Å². The second kappa shape index (κ2) is 8.23. The van der Waals surface area contributed by atoms with E-state index < -0.39 is 29.0 Å².